The van der Waals surface area contributed by atoms with Gasteiger partial charge in [-0.25, -0.2) is 13.1 Å². The third kappa shape index (κ3) is 4.46. The minimum atomic E-state index is -3.58. The smallest absolute Gasteiger partial charge is 0.325 e. The molecule has 0 aliphatic carbocycles. The van der Waals surface area contributed by atoms with Gasteiger partial charge in [-0.15, -0.1) is 0 Å². The van der Waals surface area contributed by atoms with Crippen molar-refractivity contribution in [3.63, 3.8) is 0 Å². The highest BCUT2D eigenvalue weighted by Crippen LogP contribution is 2.07. The van der Waals surface area contributed by atoms with Gasteiger partial charge in [0.1, 0.15) is 11.4 Å². The van der Waals surface area contributed by atoms with Gasteiger partial charge in [-0.2, -0.15) is 5.10 Å². The molecule has 1 rings (SSSR count). The number of carboxylic acids is 1. The van der Waals surface area contributed by atoms with Crippen LogP contribution in [0, 0.1) is 0 Å². The Kier molecular flexibility index (Phi) is 5.29. The molecule has 8 heteroatoms. The monoisotopic (exact) mass is 275 g/mol. The highest BCUT2D eigenvalue weighted by Gasteiger charge is 2.16. The van der Waals surface area contributed by atoms with Crippen LogP contribution < -0.4 is 4.72 Å². The van der Waals surface area contributed by atoms with Crippen LogP contribution in [0.3, 0.4) is 0 Å². The van der Waals surface area contributed by atoms with Crippen molar-refractivity contribution >= 4 is 16.0 Å². The Morgan fingerprint density at radius 2 is 2.22 bits per heavy atom. The summed E-state index contributed by atoms with van der Waals surface area (Å²) in [6, 6.07) is 0. The summed E-state index contributed by atoms with van der Waals surface area (Å²) in [6.45, 7) is 2.05. The van der Waals surface area contributed by atoms with Crippen molar-refractivity contribution in [1.29, 1.82) is 0 Å². The van der Waals surface area contributed by atoms with Crippen LogP contribution in [0.25, 0.3) is 0 Å². The summed E-state index contributed by atoms with van der Waals surface area (Å²) in [5.41, 5.74) is 0. The second-order valence-electron chi connectivity index (χ2n) is 3.87. The third-order valence-electron chi connectivity index (χ3n) is 2.29. The molecule has 0 fully saturated rings. The van der Waals surface area contributed by atoms with E-state index >= 15 is 0 Å². The van der Waals surface area contributed by atoms with E-state index in [2.05, 4.69) is 9.82 Å². The van der Waals surface area contributed by atoms with Crippen molar-refractivity contribution in [1.82, 2.24) is 14.5 Å². The number of nitrogens with zero attached hydrogens (tertiary/aromatic N) is 2. The summed E-state index contributed by atoms with van der Waals surface area (Å²) in [5, 5.41) is 12.2. The van der Waals surface area contributed by atoms with Crippen LogP contribution in [0.15, 0.2) is 17.3 Å². The van der Waals surface area contributed by atoms with Crippen LogP contribution >= 0.6 is 0 Å². The van der Waals surface area contributed by atoms with Gasteiger partial charge < -0.3 is 5.11 Å². The maximum absolute atomic E-state index is 11.8. The second-order valence-corrected chi connectivity index (χ2v) is 5.64. The average molecular weight is 275 g/mol. The molecule has 1 aromatic heterocycles. The van der Waals surface area contributed by atoms with Gasteiger partial charge in [0.2, 0.25) is 10.0 Å². The van der Waals surface area contributed by atoms with Crippen LogP contribution in [-0.2, 0) is 21.4 Å². The van der Waals surface area contributed by atoms with E-state index in [9.17, 15) is 13.2 Å². The summed E-state index contributed by atoms with van der Waals surface area (Å²) in [6.07, 6.45) is 5.10. The number of aliphatic carboxylic acids is 1. The molecule has 0 amide bonds. The molecule has 0 aliphatic rings. The molecule has 0 saturated carbocycles. The molecule has 1 heterocycles. The highest BCUT2D eigenvalue weighted by atomic mass is 32.2. The Hall–Kier alpha value is -1.41. The Labute approximate surface area is 106 Å². The van der Waals surface area contributed by atoms with Crippen LogP contribution in [0.5, 0.6) is 0 Å². The van der Waals surface area contributed by atoms with Crippen LogP contribution in [0.2, 0.25) is 0 Å². The minimum Gasteiger partial charge on any atom is -0.480 e. The summed E-state index contributed by atoms with van der Waals surface area (Å²) in [4.78, 5) is 10.4. The van der Waals surface area contributed by atoms with Crippen LogP contribution in [0.1, 0.15) is 26.2 Å². The number of carboxylic acid groups (broad SMARTS) is 1. The molecule has 7 nitrogen and oxygen atoms in total. The van der Waals surface area contributed by atoms with E-state index in [0.717, 1.165) is 30.1 Å². The molecule has 0 saturated heterocycles. The zero-order valence-electron chi connectivity index (χ0n) is 10.2. The topological polar surface area (TPSA) is 101 Å². The van der Waals surface area contributed by atoms with Crippen molar-refractivity contribution in [3.05, 3.63) is 12.4 Å². The number of nitrogens with one attached hydrogen (secondary N) is 1. The molecule has 0 spiro atoms. The van der Waals surface area contributed by atoms with E-state index in [1.807, 2.05) is 6.92 Å². The Bertz CT molecular complexity index is 495. The number of aromatic nitrogens is 2. The number of rotatable bonds is 8. The highest BCUT2D eigenvalue weighted by molar-refractivity contribution is 7.89. The number of carbonyl (C=O) groups is 1. The van der Waals surface area contributed by atoms with Crippen LogP contribution in [0.4, 0.5) is 0 Å². The molecule has 0 aromatic carbocycles. The Morgan fingerprint density at radius 1 is 1.50 bits per heavy atom. The summed E-state index contributed by atoms with van der Waals surface area (Å²) in [7, 11) is -3.58. The zero-order chi connectivity index (χ0) is 13.6. The molecule has 102 valence electrons. The van der Waals surface area contributed by atoms with Gasteiger partial charge in [0.05, 0.1) is 6.20 Å². The van der Waals surface area contributed by atoms with E-state index in [-0.39, 0.29) is 11.4 Å². The van der Waals surface area contributed by atoms with Gasteiger partial charge in [0.25, 0.3) is 0 Å². The minimum absolute atomic E-state index is 0.0137. The average Bonchev–Trinajstić information content (AvgIpc) is 2.73. The maximum Gasteiger partial charge on any atom is 0.325 e. The van der Waals surface area contributed by atoms with Gasteiger partial charge >= 0.3 is 5.97 Å². The molecule has 0 atom stereocenters. The normalized spacial score (nSPS) is 11.6. The van der Waals surface area contributed by atoms with E-state index in [4.69, 9.17) is 5.11 Å². The predicted octanol–water partition coefficient (Wildman–Crippen LogP) is 0.436. The molecule has 0 bridgehead atoms. The lowest BCUT2D eigenvalue weighted by molar-refractivity contribution is -0.137. The molecule has 0 radical (unpaired) electrons. The predicted molar refractivity (Wildman–Crippen MR) is 64.6 cm³/mol. The van der Waals surface area contributed by atoms with Crippen LogP contribution in [-0.4, -0.2) is 35.8 Å². The lowest BCUT2D eigenvalue weighted by atomic mass is 10.3. The first-order chi connectivity index (χ1) is 8.45. The summed E-state index contributed by atoms with van der Waals surface area (Å²) >= 11 is 0. The number of hydrogen-bond donors (Lipinski definition) is 2. The molecular formula is C10H17N3O4S. The van der Waals surface area contributed by atoms with Crippen molar-refractivity contribution in [2.24, 2.45) is 0 Å². The van der Waals surface area contributed by atoms with E-state index < -0.39 is 16.0 Å². The summed E-state index contributed by atoms with van der Waals surface area (Å²) < 4.78 is 27.1. The van der Waals surface area contributed by atoms with E-state index in [0.29, 0.717) is 6.54 Å². The first kappa shape index (κ1) is 14.7. The molecule has 1 aromatic rings. The van der Waals surface area contributed by atoms with Crippen molar-refractivity contribution in [2.75, 3.05) is 6.54 Å². The molecule has 18 heavy (non-hydrogen) atoms. The zero-order valence-corrected chi connectivity index (χ0v) is 11.0. The lowest BCUT2D eigenvalue weighted by Crippen LogP contribution is -2.24. The fourth-order valence-corrected chi connectivity index (χ4v) is 2.40. The molecule has 0 unspecified atom stereocenters. The van der Waals surface area contributed by atoms with Gasteiger partial charge in [0, 0.05) is 12.7 Å². The maximum atomic E-state index is 11.8. The van der Waals surface area contributed by atoms with E-state index in [1.54, 1.807) is 0 Å². The fourth-order valence-electron chi connectivity index (χ4n) is 1.37. The number of hydrogen-bond acceptors (Lipinski definition) is 4. The van der Waals surface area contributed by atoms with Gasteiger partial charge in [-0.05, 0) is 6.42 Å². The van der Waals surface area contributed by atoms with Gasteiger partial charge in [-0.1, -0.05) is 19.8 Å². The quantitative estimate of drug-likeness (QED) is 0.670. The molecule has 0 aliphatic heterocycles. The molecular weight excluding hydrogens is 258 g/mol. The standard InChI is InChI=1S/C10H17N3O4S/c1-2-3-4-5-12-18(16,17)9-6-11-13(7-9)8-10(14)15/h6-7,12H,2-5,8H2,1H3,(H,14,15). The van der Waals surface area contributed by atoms with Gasteiger partial charge in [-0.3, -0.25) is 9.48 Å². The summed E-state index contributed by atoms with van der Waals surface area (Å²) in [5.74, 6) is -1.07. The number of unbranched alkanes of at least 4 members (excludes halogenated alkanes) is 2. The fraction of sp³-hybridized carbons (Fsp3) is 0.600. The first-order valence-corrected chi connectivity index (χ1v) is 7.18. The largest absolute Gasteiger partial charge is 0.480 e. The SMILES string of the molecule is CCCCCNS(=O)(=O)c1cnn(CC(=O)O)c1. The molecule has 2 N–H and O–H groups in total. The van der Waals surface area contributed by atoms with Crippen molar-refractivity contribution < 1.29 is 18.3 Å². The van der Waals surface area contributed by atoms with Crippen molar-refractivity contribution in [3.8, 4) is 0 Å². The number of sulfonamides is 1. The Morgan fingerprint density at radius 3 is 2.83 bits per heavy atom. The van der Waals surface area contributed by atoms with Gasteiger partial charge in [0.15, 0.2) is 0 Å². The van der Waals surface area contributed by atoms with E-state index in [1.165, 1.54) is 6.20 Å². The Balaban J connectivity index is 2.61. The first-order valence-electron chi connectivity index (χ1n) is 5.69. The second kappa shape index (κ2) is 6.50. The third-order valence-corrected chi connectivity index (χ3v) is 3.71. The van der Waals surface area contributed by atoms with Crippen molar-refractivity contribution in [2.45, 2.75) is 37.6 Å². The lowest BCUT2D eigenvalue weighted by Gasteiger charge is -2.03.